The van der Waals surface area contributed by atoms with Crippen molar-refractivity contribution in [2.24, 2.45) is 0 Å². The zero-order valence-corrected chi connectivity index (χ0v) is 13.7. The van der Waals surface area contributed by atoms with Gasteiger partial charge in [-0.15, -0.1) is 0 Å². The van der Waals surface area contributed by atoms with Crippen molar-refractivity contribution in [1.29, 1.82) is 0 Å². The molecule has 2 aromatic rings. The van der Waals surface area contributed by atoms with Crippen LogP contribution in [0.5, 0.6) is 0 Å². The molecule has 0 aliphatic rings. The van der Waals surface area contributed by atoms with E-state index in [1.165, 1.54) is 18.2 Å². The first kappa shape index (κ1) is 15.9. The first-order valence-corrected chi connectivity index (χ1v) is 7.15. The fraction of sp³-hybridized carbons (Fsp3) is 0. The van der Waals surface area contributed by atoms with Crippen LogP contribution in [-0.4, -0.2) is 20.8 Å². The second-order valence-electron chi connectivity index (χ2n) is 3.70. The summed E-state index contributed by atoms with van der Waals surface area (Å²) in [6, 6.07) is 3.96. The average molecular weight is 439 g/mol. The smallest absolute Gasteiger partial charge is 0.270 e. The lowest BCUT2D eigenvalue weighted by Gasteiger charge is -2.07. The van der Waals surface area contributed by atoms with Gasteiger partial charge in [0.25, 0.3) is 11.6 Å². The predicted molar refractivity (Wildman–Crippen MR) is 85.8 cm³/mol. The van der Waals surface area contributed by atoms with Crippen LogP contribution < -0.4 is 5.32 Å². The van der Waals surface area contributed by atoms with Gasteiger partial charge in [-0.2, -0.15) is 0 Å². The Morgan fingerprint density at radius 1 is 1.33 bits per heavy atom. The normalized spacial score (nSPS) is 10.2. The van der Waals surface area contributed by atoms with Crippen LogP contribution in [0.15, 0.2) is 24.5 Å². The van der Waals surface area contributed by atoms with Crippen LogP contribution in [0.1, 0.15) is 10.4 Å². The van der Waals surface area contributed by atoms with Crippen LogP contribution in [0.2, 0.25) is 10.2 Å². The third kappa shape index (κ3) is 3.57. The van der Waals surface area contributed by atoms with Crippen molar-refractivity contribution in [2.45, 2.75) is 0 Å². The molecule has 1 N–H and O–H groups in total. The highest BCUT2D eigenvalue weighted by Crippen LogP contribution is 2.27. The van der Waals surface area contributed by atoms with E-state index < -0.39 is 10.8 Å². The quantitative estimate of drug-likeness (QED) is 0.342. The van der Waals surface area contributed by atoms with Gasteiger partial charge >= 0.3 is 0 Å². The van der Waals surface area contributed by atoms with Crippen LogP contribution in [-0.2, 0) is 0 Å². The van der Waals surface area contributed by atoms with E-state index in [9.17, 15) is 14.9 Å². The van der Waals surface area contributed by atoms with Gasteiger partial charge < -0.3 is 5.32 Å². The number of carbonyl (C=O) groups excluding carboxylic acids is 1. The van der Waals surface area contributed by atoms with E-state index >= 15 is 0 Å². The fourth-order valence-corrected chi connectivity index (χ4v) is 2.27. The van der Waals surface area contributed by atoms with Gasteiger partial charge in [-0.1, -0.05) is 23.2 Å². The Labute approximate surface area is 142 Å². The number of nitro benzene ring substituents is 1. The Bertz CT molecular complexity index is 741. The first-order valence-electron chi connectivity index (χ1n) is 5.31. The summed E-state index contributed by atoms with van der Waals surface area (Å²) in [4.78, 5) is 29.8. The molecule has 21 heavy (non-hydrogen) atoms. The molecule has 1 aromatic heterocycles. The number of non-ortho nitro benzene ring substituents is 1. The lowest BCUT2D eigenvalue weighted by atomic mass is 10.2. The van der Waals surface area contributed by atoms with Gasteiger partial charge in [-0.05, 0) is 28.7 Å². The van der Waals surface area contributed by atoms with Gasteiger partial charge in [0.2, 0.25) is 0 Å². The molecular formula is C11H5Cl2IN4O3. The molecule has 7 nitrogen and oxygen atoms in total. The summed E-state index contributed by atoms with van der Waals surface area (Å²) in [5.41, 5.74) is -0.0528. The van der Waals surface area contributed by atoms with Crippen LogP contribution >= 0.6 is 45.8 Å². The molecule has 108 valence electrons. The van der Waals surface area contributed by atoms with E-state index in [0.717, 1.165) is 6.33 Å². The molecule has 0 fully saturated rings. The highest BCUT2D eigenvalue weighted by Gasteiger charge is 2.17. The monoisotopic (exact) mass is 438 g/mol. The molecule has 0 saturated heterocycles. The van der Waals surface area contributed by atoms with Crippen LogP contribution in [0.4, 0.5) is 11.5 Å². The second kappa shape index (κ2) is 6.50. The standard InChI is InChI=1S/C11H5Cl2IN4O3/c12-8-9(13)15-4-16-10(8)17-11(19)6-3-5(18(20)21)1-2-7(6)14/h1-4H,(H,15,16,17,19). The summed E-state index contributed by atoms with van der Waals surface area (Å²) >= 11 is 13.5. The molecule has 1 heterocycles. The summed E-state index contributed by atoms with van der Waals surface area (Å²) in [5.74, 6) is -0.552. The molecule has 0 saturated carbocycles. The molecule has 0 atom stereocenters. The number of nitro groups is 1. The van der Waals surface area contributed by atoms with Crippen LogP contribution in [0, 0.1) is 13.7 Å². The largest absolute Gasteiger partial charge is 0.305 e. The Balaban J connectivity index is 2.34. The van der Waals surface area contributed by atoms with Gasteiger partial charge in [-0.3, -0.25) is 14.9 Å². The Hall–Kier alpha value is -1.52. The summed E-state index contributed by atoms with van der Waals surface area (Å²) in [7, 11) is 0. The Kier molecular flexibility index (Phi) is 4.91. The number of nitrogens with zero attached hydrogens (tertiary/aromatic N) is 3. The van der Waals surface area contributed by atoms with Crippen molar-refractivity contribution in [3.05, 3.63) is 54.0 Å². The van der Waals surface area contributed by atoms with Crippen molar-refractivity contribution < 1.29 is 9.72 Å². The molecule has 0 aliphatic heterocycles. The molecule has 0 aliphatic carbocycles. The molecule has 2 rings (SSSR count). The molecule has 0 unspecified atom stereocenters. The molecule has 10 heteroatoms. The highest BCUT2D eigenvalue weighted by atomic mass is 127. The van der Waals surface area contributed by atoms with Gasteiger partial charge in [0.15, 0.2) is 11.0 Å². The third-order valence-corrected chi connectivity index (χ3v) is 4.07. The number of anilines is 1. The third-order valence-electron chi connectivity index (χ3n) is 2.38. The maximum Gasteiger partial charge on any atom is 0.270 e. The minimum atomic E-state index is -0.584. The number of carbonyl (C=O) groups is 1. The number of benzene rings is 1. The van der Waals surface area contributed by atoms with Crippen molar-refractivity contribution in [3.8, 4) is 0 Å². The van der Waals surface area contributed by atoms with E-state index in [4.69, 9.17) is 23.2 Å². The number of nitrogens with one attached hydrogen (secondary N) is 1. The van der Waals surface area contributed by atoms with Gasteiger partial charge in [-0.25, -0.2) is 9.97 Å². The number of amides is 1. The second-order valence-corrected chi connectivity index (χ2v) is 5.60. The van der Waals surface area contributed by atoms with E-state index in [-0.39, 0.29) is 27.2 Å². The summed E-state index contributed by atoms with van der Waals surface area (Å²) in [6.45, 7) is 0. The van der Waals surface area contributed by atoms with Crippen LogP contribution in [0.25, 0.3) is 0 Å². The zero-order chi connectivity index (χ0) is 15.6. The summed E-state index contributed by atoms with van der Waals surface area (Å²) in [5, 5.41) is 13.2. The number of halogens is 3. The molecule has 1 amide bonds. The van der Waals surface area contributed by atoms with Gasteiger partial charge in [0, 0.05) is 15.7 Å². The molecule has 0 spiro atoms. The number of aromatic nitrogens is 2. The molecule has 1 aromatic carbocycles. The predicted octanol–water partition coefficient (Wildman–Crippen LogP) is 3.55. The maximum atomic E-state index is 12.2. The zero-order valence-electron chi connectivity index (χ0n) is 10.0. The number of hydrogen-bond acceptors (Lipinski definition) is 5. The van der Waals surface area contributed by atoms with E-state index in [0.29, 0.717) is 3.57 Å². The van der Waals surface area contributed by atoms with Crippen molar-refractivity contribution >= 4 is 63.2 Å². The molecule has 0 radical (unpaired) electrons. The lowest BCUT2D eigenvalue weighted by molar-refractivity contribution is -0.384. The minimum Gasteiger partial charge on any atom is -0.305 e. The number of hydrogen-bond donors (Lipinski definition) is 1. The first-order chi connectivity index (χ1) is 9.90. The summed E-state index contributed by atoms with van der Waals surface area (Å²) < 4.78 is 0.548. The lowest BCUT2D eigenvalue weighted by Crippen LogP contribution is -2.15. The molecule has 0 bridgehead atoms. The molecular weight excluding hydrogens is 434 g/mol. The van der Waals surface area contributed by atoms with Gasteiger partial charge in [0.1, 0.15) is 11.3 Å². The fourth-order valence-electron chi connectivity index (χ4n) is 1.41. The van der Waals surface area contributed by atoms with E-state index in [2.05, 4.69) is 15.3 Å². The van der Waals surface area contributed by atoms with Crippen molar-refractivity contribution in [3.63, 3.8) is 0 Å². The summed E-state index contributed by atoms with van der Waals surface area (Å²) in [6.07, 6.45) is 1.14. The number of rotatable bonds is 3. The van der Waals surface area contributed by atoms with Crippen molar-refractivity contribution in [1.82, 2.24) is 9.97 Å². The Morgan fingerprint density at radius 2 is 2.05 bits per heavy atom. The van der Waals surface area contributed by atoms with Crippen molar-refractivity contribution in [2.75, 3.05) is 5.32 Å². The SMILES string of the molecule is O=C(Nc1ncnc(Cl)c1Cl)c1cc([N+](=O)[O-])ccc1I. The van der Waals surface area contributed by atoms with E-state index in [1.807, 2.05) is 22.6 Å². The minimum absolute atomic E-state index is 0.00398. The average Bonchev–Trinajstić information content (AvgIpc) is 2.44. The van der Waals surface area contributed by atoms with Crippen LogP contribution in [0.3, 0.4) is 0 Å². The highest BCUT2D eigenvalue weighted by molar-refractivity contribution is 14.1. The maximum absolute atomic E-state index is 12.2. The van der Waals surface area contributed by atoms with E-state index in [1.54, 1.807) is 0 Å². The topological polar surface area (TPSA) is 98.0 Å². The van der Waals surface area contributed by atoms with Gasteiger partial charge in [0.05, 0.1) is 10.5 Å². The Morgan fingerprint density at radius 3 is 2.71 bits per heavy atom.